The van der Waals surface area contributed by atoms with E-state index in [9.17, 15) is 14.4 Å². The predicted octanol–water partition coefficient (Wildman–Crippen LogP) is 3.38. The molecule has 31 heavy (non-hydrogen) atoms. The second-order valence-corrected chi connectivity index (χ2v) is 7.95. The fourth-order valence-electron chi connectivity index (χ4n) is 4.17. The Hall–Kier alpha value is -3.35. The number of benzene rings is 2. The van der Waals surface area contributed by atoms with E-state index in [1.807, 2.05) is 24.3 Å². The molecule has 0 unspecified atom stereocenters. The molecule has 0 radical (unpaired) electrons. The summed E-state index contributed by atoms with van der Waals surface area (Å²) in [5.74, 6) is -0.0676. The van der Waals surface area contributed by atoms with Gasteiger partial charge in [-0.25, -0.2) is 0 Å². The minimum Gasteiger partial charge on any atom is -0.494 e. The summed E-state index contributed by atoms with van der Waals surface area (Å²) in [5.41, 5.74) is 3.31. The fraction of sp³-hybridized carbons (Fsp3) is 0.375. The van der Waals surface area contributed by atoms with Crippen molar-refractivity contribution in [3.8, 4) is 5.75 Å². The van der Waals surface area contributed by atoms with Gasteiger partial charge in [0.25, 0.3) is 0 Å². The monoisotopic (exact) mass is 421 g/mol. The lowest BCUT2D eigenvalue weighted by molar-refractivity contribution is -0.122. The molecule has 7 heteroatoms. The average Bonchev–Trinajstić information content (AvgIpc) is 3.39. The Morgan fingerprint density at radius 1 is 1.10 bits per heavy atom. The van der Waals surface area contributed by atoms with Gasteiger partial charge in [-0.15, -0.1) is 0 Å². The van der Waals surface area contributed by atoms with Crippen molar-refractivity contribution < 1.29 is 19.1 Å². The molecule has 0 bridgehead atoms. The van der Waals surface area contributed by atoms with Crippen LogP contribution in [0.5, 0.6) is 5.75 Å². The van der Waals surface area contributed by atoms with Crippen LogP contribution in [0, 0.1) is 5.92 Å². The number of nitrogens with zero attached hydrogens (tertiary/aromatic N) is 2. The Balaban J connectivity index is 1.44. The minimum atomic E-state index is -0.427. The number of methoxy groups -OCH3 is 1. The van der Waals surface area contributed by atoms with Gasteiger partial charge in [0.05, 0.1) is 18.7 Å². The van der Waals surface area contributed by atoms with Crippen molar-refractivity contribution in [1.82, 2.24) is 0 Å². The number of carbonyl (C=O) groups is 3. The number of hydrogen-bond donors (Lipinski definition) is 1. The number of carbonyl (C=O) groups excluding carboxylic acids is 3. The first-order valence-corrected chi connectivity index (χ1v) is 10.7. The van der Waals surface area contributed by atoms with Crippen LogP contribution in [0.4, 0.5) is 17.1 Å². The van der Waals surface area contributed by atoms with Crippen molar-refractivity contribution in [3.63, 3.8) is 0 Å². The molecule has 3 amide bonds. The third-order valence-electron chi connectivity index (χ3n) is 5.96. The number of anilines is 3. The normalized spacial score (nSPS) is 18.6. The number of rotatable bonds is 6. The minimum absolute atomic E-state index is 0.0510. The van der Waals surface area contributed by atoms with E-state index >= 15 is 0 Å². The van der Waals surface area contributed by atoms with Crippen LogP contribution >= 0.6 is 0 Å². The lowest BCUT2D eigenvalue weighted by atomic mass is 10.1. The number of ether oxygens (including phenoxy) is 1. The van der Waals surface area contributed by atoms with Crippen LogP contribution < -0.4 is 19.9 Å². The zero-order valence-electron chi connectivity index (χ0n) is 17.9. The molecule has 162 valence electrons. The third kappa shape index (κ3) is 4.26. The molecular formula is C24H27N3O4. The van der Waals surface area contributed by atoms with E-state index in [1.165, 1.54) is 5.56 Å². The lowest BCUT2D eigenvalue weighted by Crippen LogP contribution is -2.28. The second kappa shape index (κ2) is 8.79. The van der Waals surface area contributed by atoms with Crippen molar-refractivity contribution in [2.24, 2.45) is 5.92 Å². The van der Waals surface area contributed by atoms with Gasteiger partial charge in [-0.2, -0.15) is 0 Å². The zero-order valence-corrected chi connectivity index (χ0v) is 17.9. The SMILES string of the molecule is CCc1ccc(N2C[C@H](C(=O)Nc3ccc(N4CCCC4=O)c(OC)c3)CC2=O)cc1. The largest absolute Gasteiger partial charge is 0.494 e. The Bertz CT molecular complexity index is 1000. The highest BCUT2D eigenvalue weighted by atomic mass is 16.5. The number of hydrogen-bond acceptors (Lipinski definition) is 4. The molecular weight excluding hydrogens is 394 g/mol. The van der Waals surface area contributed by atoms with Crippen LogP contribution in [0.15, 0.2) is 42.5 Å². The molecule has 0 spiro atoms. The topological polar surface area (TPSA) is 79.0 Å². The van der Waals surface area contributed by atoms with Crippen molar-refractivity contribution in [3.05, 3.63) is 48.0 Å². The zero-order chi connectivity index (χ0) is 22.0. The first kappa shape index (κ1) is 20.9. The maximum Gasteiger partial charge on any atom is 0.229 e. The van der Waals surface area contributed by atoms with Crippen molar-refractivity contribution in [1.29, 1.82) is 0 Å². The van der Waals surface area contributed by atoms with Gasteiger partial charge in [-0.1, -0.05) is 19.1 Å². The third-order valence-corrected chi connectivity index (χ3v) is 5.96. The van der Waals surface area contributed by atoms with E-state index in [2.05, 4.69) is 12.2 Å². The molecule has 1 N–H and O–H groups in total. The Kier molecular flexibility index (Phi) is 5.93. The van der Waals surface area contributed by atoms with Crippen molar-refractivity contribution in [2.75, 3.05) is 35.3 Å². The summed E-state index contributed by atoms with van der Waals surface area (Å²) in [7, 11) is 1.54. The maximum absolute atomic E-state index is 12.8. The van der Waals surface area contributed by atoms with Gasteiger partial charge in [-0.3, -0.25) is 14.4 Å². The smallest absolute Gasteiger partial charge is 0.229 e. The summed E-state index contributed by atoms with van der Waals surface area (Å²) in [6.45, 7) is 3.11. The van der Waals surface area contributed by atoms with Crippen molar-refractivity contribution >= 4 is 34.8 Å². The van der Waals surface area contributed by atoms with Crippen LogP contribution in [0.2, 0.25) is 0 Å². The van der Waals surface area contributed by atoms with Gasteiger partial charge >= 0.3 is 0 Å². The molecule has 7 nitrogen and oxygen atoms in total. The van der Waals surface area contributed by atoms with Crippen LogP contribution in [-0.2, 0) is 20.8 Å². The van der Waals surface area contributed by atoms with Gasteiger partial charge in [0, 0.05) is 43.4 Å². The molecule has 0 aromatic heterocycles. The van der Waals surface area contributed by atoms with Gasteiger partial charge in [0.15, 0.2) is 0 Å². The summed E-state index contributed by atoms with van der Waals surface area (Å²) in [5, 5.41) is 2.90. The molecule has 2 aromatic rings. The Morgan fingerprint density at radius 2 is 1.87 bits per heavy atom. The Morgan fingerprint density at radius 3 is 2.52 bits per heavy atom. The highest BCUT2D eigenvalue weighted by molar-refractivity contribution is 6.04. The second-order valence-electron chi connectivity index (χ2n) is 7.95. The number of nitrogens with one attached hydrogen (secondary N) is 1. The van der Waals surface area contributed by atoms with E-state index in [1.54, 1.807) is 35.1 Å². The summed E-state index contributed by atoms with van der Waals surface area (Å²) < 4.78 is 5.46. The average molecular weight is 421 g/mol. The summed E-state index contributed by atoms with van der Waals surface area (Å²) in [6.07, 6.45) is 2.48. The molecule has 0 saturated carbocycles. The lowest BCUT2D eigenvalue weighted by Gasteiger charge is -2.20. The molecule has 2 aromatic carbocycles. The predicted molar refractivity (Wildman–Crippen MR) is 119 cm³/mol. The van der Waals surface area contributed by atoms with E-state index in [-0.39, 0.29) is 24.1 Å². The number of aryl methyl sites for hydroxylation is 1. The molecule has 2 saturated heterocycles. The Labute approximate surface area is 182 Å². The molecule has 2 aliphatic rings. The number of amides is 3. The first-order chi connectivity index (χ1) is 15.0. The summed E-state index contributed by atoms with van der Waals surface area (Å²) in [6, 6.07) is 13.2. The molecule has 2 aliphatic heterocycles. The fourth-order valence-corrected chi connectivity index (χ4v) is 4.17. The highest BCUT2D eigenvalue weighted by Crippen LogP contribution is 2.34. The van der Waals surface area contributed by atoms with Crippen LogP contribution in [-0.4, -0.2) is 37.9 Å². The molecule has 0 aliphatic carbocycles. The molecule has 2 heterocycles. The molecule has 2 fully saturated rings. The van der Waals surface area contributed by atoms with Gasteiger partial charge in [-0.05, 0) is 42.7 Å². The van der Waals surface area contributed by atoms with Crippen LogP contribution in [0.3, 0.4) is 0 Å². The van der Waals surface area contributed by atoms with E-state index in [0.29, 0.717) is 36.6 Å². The van der Waals surface area contributed by atoms with Crippen molar-refractivity contribution in [2.45, 2.75) is 32.6 Å². The standard InChI is InChI=1S/C24H27N3O4/c1-3-16-6-9-19(10-7-16)27-15-17(13-23(27)29)24(30)25-18-8-11-20(21(14-18)31-2)26-12-4-5-22(26)28/h6-11,14,17H,3-5,12-13,15H2,1-2H3,(H,25,30)/t17-/m1/s1. The summed E-state index contributed by atoms with van der Waals surface area (Å²) in [4.78, 5) is 40.8. The first-order valence-electron chi connectivity index (χ1n) is 10.7. The van der Waals surface area contributed by atoms with Gasteiger partial charge in [0.2, 0.25) is 17.7 Å². The van der Waals surface area contributed by atoms with E-state index < -0.39 is 5.92 Å². The molecule has 4 rings (SSSR count). The van der Waals surface area contributed by atoms with Gasteiger partial charge < -0.3 is 19.9 Å². The quantitative estimate of drug-likeness (QED) is 0.776. The highest BCUT2D eigenvalue weighted by Gasteiger charge is 2.35. The molecule has 1 atom stereocenters. The van der Waals surface area contributed by atoms with Gasteiger partial charge in [0.1, 0.15) is 5.75 Å². The van der Waals surface area contributed by atoms with E-state index in [0.717, 1.165) is 18.5 Å². The van der Waals surface area contributed by atoms with E-state index in [4.69, 9.17) is 4.74 Å². The van der Waals surface area contributed by atoms with Crippen LogP contribution in [0.1, 0.15) is 31.7 Å². The van der Waals surface area contributed by atoms with Crippen LogP contribution in [0.25, 0.3) is 0 Å². The summed E-state index contributed by atoms with van der Waals surface area (Å²) >= 11 is 0. The maximum atomic E-state index is 12.8.